The molecule has 0 aromatic carbocycles. The number of allylic oxidation sites excluding steroid dienone is 4. The van der Waals surface area contributed by atoms with E-state index in [1.165, 1.54) is 13.8 Å². The number of hydrogen-bond acceptors (Lipinski definition) is 4. The molecule has 2 aromatic heterocycles. The summed E-state index contributed by atoms with van der Waals surface area (Å²) in [4.78, 5) is 9.00. The van der Waals surface area contributed by atoms with Crippen LogP contribution in [0.3, 0.4) is 0 Å². The van der Waals surface area contributed by atoms with E-state index in [1.54, 1.807) is 9.13 Å². The maximum absolute atomic E-state index is 12.0. The molecular formula is C22H26CoF12N4O2P2. The van der Waals surface area contributed by atoms with Gasteiger partial charge in [-0.3, -0.25) is 9.98 Å². The summed E-state index contributed by atoms with van der Waals surface area (Å²) in [6.45, 7) is 7.56. The minimum atomic E-state index is -10.7. The fourth-order valence-corrected chi connectivity index (χ4v) is 2.93. The summed E-state index contributed by atoms with van der Waals surface area (Å²) in [6, 6.07) is 11.3. The molecule has 6 nitrogen and oxygen atoms in total. The molecule has 0 unspecified atom stereocenters. The molecule has 43 heavy (non-hydrogen) atoms. The fourth-order valence-electron chi connectivity index (χ4n) is 2.93. The number of aliphatic imine (C=N–C) groups is 2. The maximum atomic E-state index is 12.0. The van der Waals surface area contributed by atoms with Gasteiger partial charge in [-0.1, -0.05) is 23.7 Å². The summed E-state index contributed by atoms with van der Waals surface area (Å²) in [7, 11) is -21.3. The third-order valence-electron chi connectivity index (χ3n) is 4.10. The summed E-state index contributed by atoms with van der Waals surface area (Å²) >= 11 is 0. The van der Waals surface area contributed by atoms with E-state index < -0.39 is 15.6 Å². The van der Waals surface area contributed by atoms with E-state index >= 15 is 0 Å². The van der Waals surface area contributed by atoms with E-state index in [4.69, 9.17) is 0 Å². The number of nitrogens with zero attached hydrogens (tertiary/aromatic N) is 4. The topological polar surface area (TPSA) is 78.6 Å². The molecule has 0 aliphatic heterocycles. The molecule has 0 spiro atoms. The van der Waals surface area contributed by atoms with Gasteiger partial charge in [-0.15, -0.1) is 0 Å². The first-order valence-corrected chi connectivity index (χ1v) is 15.2. The largest absolute Gasteiger partial charge is 2.00 e. The van der Waals surface area contributed by atoms with Crippen molar-refractivity contribution >= 4 is 38.4 Å². The summed E-state index contributed by atoms with van der Waals surface area (Å²) in [5, 5.41) is 24.1. The average Bonchev–Trinajstić information content (AvgIpc) is 2.73. The predicted octanol–water partition coefficient (Wildman–Crippen LogP) is 7.74. The number of rotatable bonds is 7. The molecule has 0 atom stereocenters. The van der Waals surface area contributed by atoms with Gasteiger partial charge in [0.2, 0.25) is 11.4 Å². The van der Waals surface area contributed by atoms with Gasteiger partial charge in [-0.05, 0) is 27.7 Å². The standard InChI is InChI=1S/C22H26N4O2.Co.2F6P/c1-17(21(19(3)27)25-13-7-5-8-14-25)23-11-12-24-18(2)22(20(4)28)26-15-9-6-10-16-26;;2*1-7(2,3,4,5)6/h5-10,13-16H,11-12H2,1-4H3;;;/q;+2;2*-1. The van der Waals surface area contributed by atoms with Gasteiger partial charge in [0.05, 0.1) is 13.1 Å². The Kier molecular flexibility index (Phi) is 13.3. The second-order valence-electron chi connectivity index (χ2n) is 8.23. The SMILES string of the molecule is CC(=NCCN=C(C)/C(=C(/C)[O-])[n+]1ccccc1)/C(=C(/C)[O-])[n+]1ccccc1.F[P-](F)(F)(F)(F)F.F[P-](F)(F)(F)(F)F.[Co+2]. The first-order valence-electron chi connectivity index (χ1n) is 11.2. The quantitative estimate of drug-likeness (QED) is 0.0731. The smallest absolute Gasteiger partial charge is 2.00 e. The zero-order valence-corrected chi connectivity index (χ0v) is 25.4. The van der Waals surface area contributed by atoms with Crippen molar-refractivity contribution in [2.45, 2.75) is 27.7 Å². The Morgan fingerprint density at radius 2 is 0.721 bits per heavy atom. The van der Waals surface area contributed by atoms with Crippen molar-refractivity contribution in [1.29, 1.82) is 0 Å². The molecule has 0 fully saturated rings. The van der Waals surface area contributed by atoms with Crippen LogP contribution < -0.4 is 19.3 Å². The number of pyridine rings is 2. The van der Waals surface area contributed by atoms with Crippen molar-refractivity contribution in [2.75, 3.05) is 13.1 Å². The molecule has 249 valence electrons. The van der Waals surface area contributed by atoms with Crippen LogP contribution in [0.5, 0.6) is 0 Å². The zero-order chi connectivity index (χ0) is 33.3. The van der Waals surface area contributed by atoms with Crippen molar-refractivity contribution in [3.8, 4) is 0 Å². The minimum Gasteiger partial charge on any atom is 2.00 e. The van der Waals surface area contributed by atoms with Gasteiger partial charge in [0.1, 0.15) is 11.4 Å². The van der Waals surface area contributed by atoms with Crippen LogP contribution in [0.1, 0.15) is 27.7 Å². The van der Waals surface area contributed by atoms with Crippen LogP contribution in [0.4, 0.5) is 50.4 Å². The molecule has 0 aliphatic rings. The van der Waals surface area contributed by atoms with Gasteiger partial charge in [0.15, 0.2) is 24.8 Å². The predicted molar refractivity (Wildman–Crippen MR) is 134 cm³/mol. The van der Waals surface area contributed by atoms with Crippen LogP contribution in [-0.4, -0.2) is 24.5 Å². The summed E-state index contributed by atoms with van der Waals surface area (Å²) < 4.78 is 122. The van der Waals surface area contributed by atoms with E-state index in [1.807, 2.05) is 75.0 Å². The van der Waals surface area contributed by atoms with Crippen molar-refractivity contribution in [1.82, 2.24) is 0 Å². The van der Waals surface area contributed by atoms with Crippen LogP contribution in [0.25, 0.3) is 11.4 Å². The van der Waals surface area contributed by atoms with Crippen molar-refractivity contribution in [2.24, 2.45) is 9.98 Å². The molecule has 2 aromatic rings. The molecule has 21 heteroatoms. The van der Waals surface area contributed by atoms with E-state index in [0.29, 0.717) is 35.9 Å². The third kappa shape index (κ3) is 27.8. The van der Waals surface area contributed by atoms with Gasteiger partial charge >= 0.3 is 82.8 Å². The Balaban J connectivity index is 0. The molecule has 0 N–H and O–H groups in total. The van der Waals surface area contributed by atoms with E-state index in [9.17, 15) is 60.6 Å². The summed E-state index contributed by atoms with van der Waals surface area (Å²) in [6.07, 6.45) is 7.29. The Labute approximate surface area is 248 Å². The monoisotopic (exact) mass is 727 g/mol. The van der Waals surface area contributed by atoms with Gasteiger partial charge in [-0.25, -0.2) is 0 Å². The number of halogens is 12. The molecule has 2 rings (SSSR count). The van der Waals surface area contributed by atoms with E-state index in [-0.39, 0.29) is 28.3 Å². The van der Waals surface area contributed by atoms with E-state index in [2.05, 4.69) is 9.98 Å². The number of hydrogen-bond donors (Lipinski definition) is 0. The first kappa shape index (κ1) is 42.4. The van der Waals surface area contributed by atoms with Gasteiger partial charge in [0.25, 0.3) is 0 Å². The molecule has 0 aliphatic carbocycles. The zero-order valence-electron chi connectivity index (χ0n) is 22.6. The number of aromatic nitrogens is 2. The molecule has 2 heterocycles. The normalized spacial score (nSPS) is 16.9. The molecule has 0 saturated heterocycles. The molecular weight excluding hydrogens is 701 g/mol. The van der Waals surface area contributed by atoms with Gasteiger partial charge in [0, 0.05) is 24.3 Å². The Morgan fingerprint density at radius 3 is 0.907 bits per heavy atom. The van der Waals surface area contributed by atoms with E-state index in [0.717, 1.165) is 0 Å². The van der Waals surface area contributed by atoms with Gasteiger partial charge in [-0.2, -0.15) is 9.13 Å². The van der Waals surface area contributed by atoms with Crippen molar-refractivity contribution in [3.05, 3.63) is 72.7 Å². The van der Waals surface area contributed by atoms with Crippen molar-refractivity contribution in [3.63, 3.8) is 0 Å². The fraction of sp³-hybridized carbons (Fsp3) is 0.273. The molecule has 0 saturated carbocycles. The second-order valence-corrected chi connectivity index (χ2v) is 12.1. The van der Waals surface area contributed by atoms with Crippen LogP contribution >= 0.6 is 15.6 Å². The van der Waals surface area contributed by atoms with Crippen LogP contribution in [0, 0.1) is 0 Å². The van der Waals surface area contributed by atoms with Crippen LogP contribution in [-0.2, 0) is 16.8 Å². The summed E-state index contributed by atoms with van der Waals surface area (Å²) in [5.41, 5.74) is 2.39. The van der Waals surface area contributed by atoms with Crippen LogP contribution in [0.15, 0.2) is 82.7 Å². The molecule has 0 amide bonds. The maximum Gasteiger partial charge on any atom is 2.00 e. The van der Waals surface area contributed by atoms with Crippen molar-refractivity contribution < 1.29 is 86.5 Å². The Hall–Kier alpha value is -2.75. The summed E-state index contributed by atoms with van der Waals surface area (Å²) in [5.74, 6) is -0.102. The Morgan fingerprint density at radius 1 is 0.512 bits per heavy atom. The molecule has 1 radical (unpaired) electrons. The Bertz CT molecular complexity index is 1210. The third-order valence-corrected chi connectivity index (χ3v) is 4.10. The first-order chi connectivity index (χ1) is 18.3. The molecule has 0 bridgehead atoms. The second kappa shape index (κ2) is 13.5. The van der Waals surface area contributed by atoms with Gasteiger partial charge < -0.3 is 10.2 Å². The average molecular weight is 727 g/mol. The minimum absolute atomic E-state index is 0. The van der Waals surface area contributed by atoms with Crippen LogP contribution in [0.2, 0.25) is 0 Å².